The standard InChI is InChI=1S/C13H12FN3O4/c1-21-12(19)7-17-6-9(5-15-17)16-13(20)10-4-8(14)2-3-11(10)18/h2-6,18H,7H2,1H3,(H,16,20). The minimum atomic E-state index is -0.690. The average Bonchev–Trinajstić information content (AvgIpc) is 2.88. The molecule has 1 heterocycles. The number of hydrogen-bond donors (Lipinski definition) is 2. The molecule has 2 rings (SSSR count). The van der Waals surface area contributed by atoms with Crippen LogP contribution < -0.4 is 5.32 Å². The van der Waals surface area contributed by atoms with Crippen LogP contribution >= 0.6 is 0 Å². The van der Waals surface area contributed by atoms with Crippen LogP contribution in [0.4, 0.5) is 10.1 Å². The van der Waals surface area contributed by atoms with E-state index >= 15 is 0 Å². The van der Waals surface area contributed by atoms with Gasteiger partial charge in [-0.05, 0) is 18.2 Å². The van der Waals surface area contributed by atoms with E-state index in [2.05, 4.69) is 15.2 Å². The van der Waals surface area contributed by atoms with Gasteiger partial charge in [0.15, 0.2) is 0 Å². The Hall–Kier alpha value is -2.90. The van der Waals surface area contributed by atoms with Gasteiger partial charge in [0.1, 0.15) is 18.1 Å². The quantitative estimate of drug-likeness (QED) is 0.825. The van der Waals surface area contributed by atoms with Crippen molar-refractivity contribution in [2.45, 2.75) is 6.54 Å². The summed E-state index contributed by atoms with van der Waals surface area (Å²) in [5.74, 6) is -2.15. The first-order valence-electron chi connectivity index (χ1n) is 5.88. The molecule has 0 saturated heterocycles. The van der Waals surface area contributed by atoms with Gasteiger partial charge in [0, 0.05) is 6.20 Å². The van der Waals surface area contributed by atoms with Gasteiger partial charge in [-0.25, -0.2) is 4.39 Å². The second-order valence-electron chi connectivity index (χ2n) is 4.12. The molecule has 0 atom stereocenters. The summed E-state index contributed by atoms with van der Waals surface area (Å²) >= 11 is 0. The third-order valence-electron chi connectivity index (χ3n) is 2.61. The first kappa shape index (κ1) is 14.5. The maximum atomic E-state index is 13.1. The van der Waals surface area contributed by atoms with Crippen molar-refractivity contribution in [2.75, 3.05) is 12.4 Å². The second-order valence-corrected chi connectivity index (χ2v) is 4.12. The number of hydrogen-bond acceptors (Lipinski definition) is 5. The van der Waals surface area contributed by atoms with Gasteiger partial charge in [-0.3, -0.25) is 14.3 Å². The number of carbonyl (C=O) groups is 2. The van der Waals surface area contributed by atoms with Gasteiger partial charge >= 0.3 is 5.97 Å². The van der Waals surface area contributed by atoms with Crippen LogP contribution in [0.1, 0.15) is 10.4 Å². The Balaban J connectivity index is 2.09. The molecule has 110 valence electrons. The van der Waals surface area contributed by atoms with Crippen molar-refractivity contribution in [1.82, 2.24) is 9.78 Å². The van der Waals surface area contributed by atoms with Crippen molar-refractivity contribution in [3.05, 3.63) is 42.0 Å². The number of ether oxygens (including phenoxy) is 1. The molecule has 2 N–H and O–H groups in total. The average molecular weight is 293 g/mol. The highest BCUT2D eigenvalue weighted by molar-refractivity contribution is 6.06. The van der Waals surface area contributed by atoms with E-state index < -0.39 is 17.7 Å². The Kier molecular flexibility index (Phi) is 4.17. The summed E-state index contributed by atoms with van der Waals surface area (Å²) in [4.78, 5) is 23.0. The number of benzene rings is 1. The highest BCUT2D eigenvalue weighted by atomic mass is 19.1. The number of esters is 1. The zero-order valence-electron chi connectivity index (χ0n) is 11.0. The van der Waals surface area contributed by atoms with Crippen molar-refractivity contribution >= 4 is 17.6 Å². The fourth-order valence-corrected chi connectivity index (χ4v) is 1.60. The molecular formula is C13H12FN3O4. The van der Waals surface area contributed by atoms with Crippen molar-refractivity contribution in [2.24, 2.45) is 0 Å². The zero-order chi connectivity index (χ0) is 15.4. The number of anilines is 1. The number of carbonyl (C=O) groups excluding carboxylic acids is 2. The van der Waals surface area contributed by atoms with E-state index in [4.69, 9.17) is 0 Å². The maximum Gasteiger partial charge on any atom is 0.327 e. The number of aromatic nitrogens is 2. The van der Waals surface area contributed by atoms with Gasteiger partial charge in [-0.15, -0.1) is 0 Å². The molecule has 0 aliphatic carbocycles. The fourth-order valence-electron chi connectivity index (χ4n) is 1.60. The summed E-state index contributed by atoms with van der Waals surface area (Å²) in [6.07, 6.45) is 2.72. The number of halogens is 1. The molecule has 0 fully saturated rings. The Bertz CT molecular complexity index is 684. The van der Waals surface area contributed by atoms with E-state index in [-0.39, 0.29) is 17.9 Å². The lowest BCUT2D eigenvalue weighted by molar-refractivity contribution is -0.141. The van der Waals surface area contributed by atoms with Gasteiger partial charge in [0.2, 0.25) is 0 Å². The Morgan fingerprint density at radius 1 is 1.48 bits per heavy atom. The Labute approximate surface area is 119 Å². The van der Waals surface area contributed by atoms with Crippen LogP contribution in [0.25, 0.3) is 0 Å². The van der Waals surface area contributed by atoms with E-state index in [9.17, 15) is 19.1 Å². The molecule has 8 heteroatoms. The molecule has 0 unspecified atom stereocenters. The molecule has 7 nitrogen and oxygen atoms in total. The lowest BCUT2D eigenvalue weighted by Crippen LogP contribution is -2.13. The van der Waals surface area contributed by atoms with Gasteiger partial charge < -0.3 is 15.2 Å². The first-order valence-corrected chi connectivity index (χ1v) is 5.88. The largest absolute Gasteiger partial charge is 0.507 e. The van der Waals surface area contributed by atoms with Gasteiger partial charge in [-0.1, -0.05) is 0 Å². The zero-order valence-corrected chi connectivity index (χ0v) is 11.0. The number of nitrogens with zero attached hydrogens (tertiary/aromatic N) is 2. The Morgan fingerprint density at radius 2 is 2.24 bits per heavy atom. The SMILES string of the molecule is COC(=O)Cn1cc(NC(=O)c2cc(F)ccc2O)cn1. The predicted octanol–water partition coefficient (Wildman–Crippen LogP) is 1.15. The van der Waals surface area contributed by atoms with Crippen molar-refractivity contribution in [3.63, 3.8) is 0 Å². The van der Waals surface area contributed by atoms with Gasteiger partial charge in [0.25, 0.3) is 5.91 Å². The molecule has 0 bridgehead atoms. The third kappa shape index (κ3) is 3.56. The lowest BCUT2D eigenvalue weighted by Gasteiger charge is -2.04. The summed E-state index contributed by atoms with van der Waals surface area (Å²) in [5, 5.41) is 15.8. The van der Waals surface area contributed by atoms with Crippen molar-refractivity contribution in [3.8, 4) is 5.75 Å². The summed E-state index contributed by atoms with van der Waals surface area (Å²) in [6, 6.07) is 3.05. The Morgan fingerprint density at radius 3 is 2.95 bits per heavy atom. The van der Waals surface area contributed by atoms with E-state index in [1.54, 1.807) is 0 Å². The summed E-state index contributed by atoms with van der Waals surface area (Å²) in [5.41, 5.74) is 0.100. The van der Waals surface area contributed by atoms with Crippen LogP contribution in [0, 0.1) is 5.82 Å². The normalized spacial score (nSPS) is 10.2. The number of aromatic hydroxyl groups is 1. The van der Waals surface area contributed by atoms with Crippen LogP contribution in [0.2, 0.25) is 0 Å². The van der Waals surface area contributed by atoms with Crippen molar-refractivity contribution < 1.29 is 23.8 Å². The summed E-state index contributed by atoms with van der Waals surface area (Å²) in [7, 11) is 1.25. The topological polar surface area (TPSA) is 93.5 Å². The molecule has 1 aromatic heterocycles. The molecule has 0 saturated carbocycles. The van der Waals surface area contributed by atoms with Gasteiger partial charge in [0.05, 0.1) is 24.6 Å². The molecule has 1 amide bonds. The number of amides is 1. The van der Waals surface area contributed by atoms with Crippen LogP contribution in [-0.4, -0.2) is 33.9 Å². The summed E-state index contributed by atoms with van der Waals surface area (Å²) in [6.45, 7) is -0.0996. The second kappa shape index (κ2) is 6.04. The highest BCUT2D eigenvalue weighted by Crippen LogP contribution is 2.19. The van der Waals surface area contributed by atoms with Crippen LogP contribution in [0.5, 0.6) is 5.75 Å². The minimum absolute atomic E-state index is 0.0996. The predicted molar refractivity (Wildman–Crippen MR) is 70.3 cm³/mol. The molecule has 2 aromatic rings. The molecule has 0 aliphatic heterocycles. The molecule has 21 heavy (non-hydrogen) atoms. The number of phenols is 1. The van der Waals surface area contributed by atoms with E-state index in [1.165, 1.54) is 24.2 Å². The number of rotatable bonds is 4. The number of nitrogens with one attached hydrogen (secondary N) is 1. The van der Waals surface area contributed by atoms with E-state index in [0.717, 1.165) is 18.2 Å². The van der Waals surface area contributed by atoms with Crippen LogP contribution in [0.3, 0.4) is 0 Å². The lowest BCUT2D eigenvalue weighted by atomic mass is 10.2. The van der Waals surface area contributed by atoms with Crippen molar-refractivity contribution in [1.29, 1.82) is 0 Å². The molecule has 0 radical (unpaired) electrons. The number of phenolic OH excluding ortho intramolecular Hbond substituents is 1. The monoisotopic (exact) mass is 293 g/mol. The minimum Gasteiger partial charge on any atom is -0.507 e. The van der Waals surface area contributed by atoms with E-state index in [0.29, 0.717) is 5.69 Å². The fraction of sp³-hybridized carbons (Fsp3) is 0.154. The highest BCUT2D eigenvalue weighted by Gasteiger charge is 2.13. The first-order chi connectivity index (χ1) is 9.99. The van der Waals surface area contributed by atoms with Crippen LogP contribution in [0.15, 0.2) is 30.6 Å². The molecule has 1 aromatic carbocycles. The van der Waals surface area contributed by atoms with Crippen LogP contribution in [-0.2, 0) is 16.1 Å². The maximum absolute atomic E-state index is 13.1. The molecular weight excluding hydrogens is 281 g/mol. The molecule has 0 aliphatic rings. The third-order valence-corrected chi connectivity index (χ3v) is 2.61. The molecule has 0 spiro atoms. The van der Waals surface area contributed by atoms with Gasteiger partial charge in [-0.2, -0.15) is 5.10 Å². The van der Waals surface area contributed by atoms with E-state index in [1.807, 2.05) is 0 Å². The number of methoxy groups -OCH3 is 1. The summed E-state index contributed by atoms with van der Waals surface area (Å²) < 4.78 is 18.8. The smallest absolute Gasteiger partial charge is 0.327 e.